The van der Waals surface area contributed by atoms with Crippen LogP contribution in [-0.2, 0) is 4.79 Å². The van der Waals surface area contributed by atoms with Gasteiger partial charge in [0.2, 0.25) is 0 Å². The number of anilines is 1. The molecule has 0 spiro atoms. The predicted octanol–water partition coefficient (Wildman–Crippen LogP) is 3.93. The molecule has 2 rings (SSSR count). The summed E-state index contributed by atoms with van der Waals surface area (Å²) in [5.41, 5.74) is 2.22. The Labute approximate surface area is 174 Å². The minimum absolute atomic E-state index is 0.0711. The molecule has 0 aliphatic rings. The predicted molar refractivity (Wildman–Crippen MR) is 115 cm³/mol. The number of carbonyl (C=O) groups is 1. The van der Waals surface area contributed by atoms with Crippen LogP contribution in [0.2, 0.25) is 0 Å². The molecule has 0 aliphatic heterocycles. The van der Waals surface area contributed by atoms with Crippen LogP contribution in [0, 0.1) is 17.0 Å². The molecule has 0 saturated heterocycles. The van der Waals surface area contributed by atoms with Crippen molar-refractivity contribution < 1.29 is 19.2 Å². The van der Waals surface area contributed by atoms with Crippen LogP contribution in [0.1, 0.15) is 30.9 Å². The Hall–Kier alpha value is -3.20. The standard InChI is InChI=1S/C20H23N3O5S/c1-12(2)16-7-5-15(9-13(16)3)28-11-19(24)22-20(29)21-17-8-6-14(27-4)10-18(17)23(25)26/h5-10,12H,11H2,1-4H3,(H2,21,22,24,29). The highest BCUT2D eigenvalue weighted by atomic mass is 32.1. The molecular weight excluding hydrogens is 394 g/mol. The zero-order valence-electron chi connectivity index (χ0n) is 16.6. The first kappa shape index (κ1) is 22.1. The average molecular weight is 417 g/mol. The van der Waals surface area contributed by atoms with E-state index in [4.69, 9.17) is 21.7 Å². The number of nitrogens with zero attached hydrogens (tertiary/aromatic N) is 1. The Morgan fingerprint density at radius 1 is 1.21 bits per heavy atom. The van der Waals surface area contributed by atoms with Crippen molar-refractivity contribution in [2.45, 2.75) is 26.7 Å². The summed E-state index contributed by atoms with van der Waals surface area (Å²) >= 11 is 5.06. The van der Waals surface area contributed by atoms with Crippen molar-refractivity contribution in [2.24, 2.45) is 0 Å². The van der Waals surface area contributed by atoms with Gasteiger partial charge in [-0.15, -0.1) is 0 Å². The second-order valence-corrected chi connectivity index (χ2v) is 7.01. The van der Waals surface area contributed by atoms with Gasteiger partial charge in [-0.1, -0.05) is 19.9 Å². The fourth-order valence-corrected chi connectivity index (χ4v) is 2.97. The third-order valence-electron chi connectivity index (χ3n) is 4.14. The zero-order valence-corrected chi connectivity index (χ0v) is 17.5. The van der Waals surface area contributed by atoms with Crippen molar-refractivity contribution in [3.63, 3.8) is 0 Å². The lowest BCUT2D eigenvalue weighted by Crippen LogP contribution is -2.37. The van der Waals surface area contributed by atoms with Gasteiger partial charge in [0.15, 0.2) is 11.7 Å². The number of hydrogen-bond donors (Lipinski definition) is 2. The number of thiocarbonyl (C=S) groups is 1. The molecule has 0 bridgehead atoms. The van der Waals surface area contributed by atoms with Crippen molar-refractivity contribution >= 4 is 34.6 Å². The molecule has 0 aliphatic carbocycles. The zero-order chi connectivity index (χ0) is 21.6. The van der Waals surface area contributed by atoms with E-state index in [1.54, 1.807) is 6.07 Å². The van der Waals surface area contributed by atoms with Crippen molar-refractivity contribution in [1.29, 1.82) is 0 Å². The van der Waals surface area contributed by atoms with Crippen molar-refractivity contribution in [2.75, 3.05) is 19.0 Å². The van der Waals surface area contributed by atoms with E-state index in [0.29, 0.717) is 17.4 Å². The molecule has 1 amide bonds. The van der Waals surface area contributed by atoms with Crippen LogP contribution in [0.15, 0.2) is 36.4 Å². The maximum Gasteiger partial charge on any atom is 0.296 e. The molecule has 0 unspecified atom stereocenters. The van der Waals surface area contributed by atoms with Gasteiger partial charge >= 0.3 is 0 Å². The Morgan fingerprint density at radius 2 is 1.90 bits per heavy atom. The second-order valence-electron chi connectivity index (χ2n) is 6.60. The number of carbonyl (C=O) groups excluding carboxylic acids is 1. The van der Waals surface area contributed by atoms with Crippen LogP contribution in [0.5, 0.6) is 11.5 Å². The van der Waals surface area contributed by atoms with Crippen molar-refractivity contribution in [3.05, 3.63) is 57.6 Å². The van der Waals surface area contributed by atoms with Gasteiger partial charge in [0.25, 0.3) is 11.6 Å². The minimum Gasteiger partial charge on any atom is -0.496 e. The van der Waals surface area contributed by atoms with Crippen LogP contribution in [0.3, 0.4) is 0 Å². The number of nitrogens with one attached hydrogen (secondary N) is 2. The molecule has 2 aromatic carbocycles. The highest BCUT2D eigenvalue weighted by Gasteiger charge is 2.17. The fourth-order valence-electron chi connectivity index (χ4n) is 2.75. The monoisotopic (exact) mass is 417 g/mol. The number of methoxy groups -OCH3 is 1. The molecule has 154 valence electrons. The number of hydrogen-bond acceptors (Lipinski definition) is 6. The Balaban J connectivity index is 1.94. The van der Waals surface area contributed by atoms with E-state index in [1.165, 1.54) is 24.8 Å². The molecule has 9 heteroatoms. The summed E-state index contributed by atoms with van der Waals surface area (Å²) in [4.78, 5) is 22.7. The molecular formula is C20H23N3O5S. The first-order valence-electron chi connectivity index (χ1n) is 8.88. The van der Waals surface area contributed by atoms with Crippen LogP contribution >= 0.6 is 12.2 Å². The molecule has 0 saturated carbocycles. The van der Waals surface area contributed by atoms with Gasteiger partial charge in [0, 0.05) is 0 Å². The number of ether oxygens (including phenoxy) is 2. The lowest BCUT2D eigenvalue weighted by atomic mass is 9.98. The summed E-state index contributed by atoms with van der Waals surface area (Å²) < 4.78 is 10.5. The lowest BCUT2D eigenvalue weighted by Gasteiger charge is -2.13. The van der Waals surface area contributed by atoms with Gasteiger partial charge in [-0.3, -0.25) is 20.2 Å². The van der Waals surface area contributed by atoms with Gasteiger partial charge in [0.05, 0.1) is 18.1 Å². The highest BCUT2D eigenvalue weighted by molar-refractivity contribution is 7.80. The van der Waals surface area contributed by atoms with Crippen molar-refractivity contribution in [3.8, 4) is 11.5 Å². The topological polar surface area (TPSA) is 103 Å². The number of nitro benzene ring substituents is 1. The summed E-state index contributed by atoms with van der Waals surface area (Å²) in [7, 11) is 1.41. The first-order chi connectivity index (χ1) is 13.7. The summed E-state index contributed by atoms with van der Waals surface area (Å²) in [5.74, 6) is 0.832. The molecule has 0 radical (unpaired) electrons. The van der Waals surface area contributed by atoms with E-state index >= 15 is 0 Å². The van der Waals surface area contributed by atoms with E-state index in [2.05, 4.69) is 24.5 Å². The van der Waals surface area contributed by atoms with Crippen LogP contribution in [0.4, 0.5) is 11.4 Å². The fraction of sp³-hybridized carbons (Fsp3) is 0.300. The SMILES string of the molecule is COc1ccc(NC(=S)NC(=O)COc2ccc(C(C)C)c(C)c2)c([N+](=O)[O-])c1. The van der Waals surface area contributed by atoms with Gasteiger partial charge in [-0.2, -0.15) is 0 Å². The minimum atomic E-state index is -0.568. The molecule has 0 atom stereocenters. The number of aryl methyl sites for hydroxylation is 1. The van der Waals surface area contributed by atoms with E-state index < -0.39 is 10.8 Å². The first-order valence-corrected chi connectivity index (χ1v) is 9.28. The van der Waals surface area contributed by atoms with E-state index in [0.717, 1.165) is 5.56 Å². The molecule has 0 fully saturated rings. The summed E-state index contributed by atoms with van der Waals surface area (Å²) in [5, 5.41) is 16.2. The summed E-state index contributed by atoms with van der Waals surface area (Å²) in [6, 6.07) is 9.92. The molecule has 8 nitrogen and oxygen atoms in total. The normalized spacial score (nSPS) is 10.4. The van der Waals surface area contributed by atoms with Crippen LogP contribution in [0.25, 0.3) is 0 Å². The third kappa shape index (κ3) is 6.15. The Kier molecular flexibility index (Phi) is 7.49. The highest BCUT2D eigenvalue weighted by Crippen LogP contribution is 2.29. The molecule has 0 heterocycles. The van der Waals surface area contributed by atoms with E-state index in [1.807, 2.05) is 25.1 Å². The third-order valence-corrected chi connectivity index (χ3v) is 4.34. The second kappa shape index (κ2) is 9.83. The number of nitro groups is 1. The number of rotatable bonds is 7. The molecule has 29 heavy (non-hydrogen) atoms. The summed E-state index contributed by atoms with van der Waals surface area (Å²) in [6.45, 7) is 5.96. The quantitative estimate of drug-likeness (QED) is 0.400. The van der Waals surface area contributed by atoms with Gasteiger partial charge in [0.1, 0.15) is 17.2 Å². The van der Waals surface area contributed by atoms with Gasteiger partial charge in [-0.05, 0) is 60.5 Å². The lowest BCUT2D eigenvalue weighted by molar-refractivity contribution is -0.384. The molecule has 2 aromatic rings. The van der Waals surface area contributed by atoms with E-state index in [-0.39, 0.29) is 23.1 Å². The van der Waals surface area contributed by atoms with Crippen LogP contribution in [-0.4, -0.2) is 29.7 Å². The summed E-state index contributed by atoms with van der Waals surface area (Å²) in [6.07, 6.45) is 0. The average Bonchev–Trinajstić information content (AvgIpc) is 2.66. The maximum atomic E-state index is 12.1. The number of benzene rings is 2. The Morgan fingerprint density at radius 3 is 2.48 bits per heavy atom. The maximum absolute atomic E-state index is 12.1. The number of amides is 1. The Bertz CT molecular complexity index is 930. The van der Waals surface area contributed by atoms with Crippen molar-refractivity contribution in [1.82, 2.24) is 5.32 Å². The molecule has 0 aromatic heterocycles. The molecule has 2 N–H and O–H groups in total. The van der Waals surface area contributed by atoms with Gasteiger partial charge in [-0.25, -0.2) is 0 Å². The van der Waals surface area contributed by atoms with Gasteiger partial charge < -0.3 is 14.8 Å². The van der Waals surface area contributed by atoms with E-state index in [9.17, 15) is 14.9 Å². The largest absolute Gasteiger partial charge is 0.496 e. The van der Waals surface area contributed by atoms with Crippen LogP contribution < -0.4 is 20.1 Å². The smallest absolute Gasteiger partial charge is 0.296 e.